The number of nitrogens with zero attached hydrogens (tertiary/aromatic N) is 2. The van der Waals surface area contributed by atoms with Crippen LogP contribution < -0.4 is 10.1 Å². The van der Waals surface area contributed by atoms with Gasteiger partial charge in [-0.15, -0.1) is 0 Å². The van der Waals surface area contributed by atoms with Crippen LogP contribution in [0.4, 0.5) is 0 Å². The Morgan fingerprint density at radius 1 is 1.21 bits per heavy atom. The second-order valence-corrected chi connectivity index (χ2v) is 6.92. The molecule has 6 nitrogen and oxygen atoms in total. The van der Waals surface area contributed by atoms with Crippen molar-refractivity contribution in [2.75, 3.05) is 27.7 Å². The van der Waals surface area contributed by atoms with Gasteiger partial charge in [0.2, 0.25) is 0 Å². The Morgan fingerprint density at radius 3 is 2.57 bits per heavy atom. The molecule has 1 heterocycles. The predicted molar refractivity (Wildman–Crippen MR) is 109 cm³/mol. The Labute approximate surface area is 169 Å². The van der Waals surface area contributed by atoms with Crippen molar-refractivity contribution in [3.05, 3.63) is 70.9 Å². The Hall–Kier alpha value is -2.83. The first-order valence-corrected chi connectivity index (χ1v) is 9.17. The van der Waals surface area contributed by atoms with Crippen molar-refractivity contribution in [3.8, 4) is 17.1 Å². The molecule has 1 atom stereocenters. The monoisotopic (exact) mass is 399 g/mol. The average Bonchev–Trinajstić information content (AvgIpc) is 3.19. The van der Waals surface area contributed by atoms with Crippen molar-refractivity contribution in [1.29, 1.82) is 0 Å². The third-order valence-corrected chi connectivity index (χ3v) is 4.81. The summed E-state index contributed by atoms with van der Waals surface area (Å²) in [5.41, 5.74) is 1.99. The van der Waals surface area contributed by atoms with Gasteiger partial charge in [-0.2, -0.15) is 0 Å². The lowest BCUT2D eigenvalue weighted by Crippen LogP contribution is -2.34. The maximum atomic E-state index is 12.5. The van der Waals surface area contributed by atoms with E-state index in [2.05, 4.69) is 10.5 Å². The van der Waals surface area contributed by atoms with Crippen LogP contribution in [0, 0.1) is 0 Å². The fraction of sp³-hybridized carbons (Fsp3) is 0.238. The van der Waals surface area contributed by atoms with Gasteiger partial charge in [0.1, 0.15) is 5.75 Å². The Bertz CT molecular complexity index is 938. The molecular formula is C21H22ClN3O3. The molecule has 0 saturated heterocycles. The Kier molecular flexibility index (Phi) is 6.34. The highest BCUT2D eigenvalue weighted by atomic mass is 35.5. The maximum Gasteiger partial charge on any atom is 0.273 e. The van der Waals surface area contributed by atoms with E-state index in [1.165, 1.54) is 0 Å². The molecule has 28 heavy (non-hydrogen) atoms. The van der Waals surface area contributed by atoms with Gasteiger partial charge in [-0.05, 0) is 50.0 Å². The number of ether oxygens (including phenoxy) is 1. The number of halogens is 1. The van der Waals surface area contributed by atoms with Gasteiger partial charge in [0.25, 0.3) is 5.91 Å². The van der Waals surface area contributed by atoms with E-state index in [1.54, 1.807) is 13.2 Å². The summed E-state index contributed by atoms with van der Waals surface area (Å²) >= 11 is 6.31. The van der Waals surface area contributed by atoms with Crippen LogP contribution in [-0.2, 0) is 0 Å². The molecule has 0 aliphatic heterocycles. The second-order valence-electron chi connectivity index (χ2n) is 6.52. The van der Waals surface area contributed by atoms with Crippen molar-refractivity contribution >= 4 is 17.5 Å². The van der Waals surface area contributed by atoms with Crippen LogP contribution in [0.15, 0.2) is 59.1 Å². The molecule has 1 N–H and O–H groups in total. The first-order chi connectivity index (χ1) is 13.5. The molecule has 0 aliphatic rings. The lowest BCUT2D eigenvalue weighted by Gasteiger charge is -2.25. The summed E-state index contributed by atoms with van der Waals surface area (Å²) in [6.07, 6.45) is 0. The normalized spacial score (nSPS) is 12.0. The molecule has 0 saturated carbocycles. The number of hydrogen-bond acceptors (Lipinski definition) is 5. The standard InChI is InChI=1S/C21H22ClN3O3/c1-25(2)19(16-6-4-5-7-17(16)22)13-23-21(26)18-12-20(28-24-18)14-8-10-15(27-3)11-9-14/h4-12,19H,13H2,1-3H3,(H,23,26)/t19-/m0/s1. The van der Waals surface area contributed by atoms with E-state index in [1.807, 2.05) is 67.5 Å². The van der Waals surface area contributed by atoms with Crippen LogP contribution in [0.3, 0.4) is 0 Å². The minimum Gasteiger partial charge on any atom is -0.497 e. The summed E-state index contributed by atoms with van der Waals surface area (Å²) in [4.78, 5) is 14.5. The smallest absolute Gasteiger partial charge is 0.273 e. The van der Waals surface area contributed by atoms with Crippen molar-refractivity contribution in [3.63, 3.8) is 0 Å². The molecule has 1 amide bonds. The Morgan fingerprint density at radius 2 is 1.93 bits per heavy atom. The van der Waals surface area contributed by atoms with Crippen LogP contribution in [0.2, 0.25) is 5.02 Å². The van der Waals surface area contributed by atoms with E-state index in [9.17, 15) is 4.79 Å². The minimum atomic E-state index is -0.303. The molecule has 1 aromatic heterocycles. The van der Waals surface area contributed by atoms with Gasteiger partial charge in [0, 0.05) is 23.2 Å². The number of carbonyl (C=O) groups excluding carboxylic acids is 1. The third kappa shape index (κ3) is 4.52. The lowest BCUT2D eigenvalue weighted by molar-refractivity contribution is 0.0933. The van der Waals surface area contributed by atoms with Crippen molar-refractivity contribution in [2.45, 2.75) is 6.04 Å². The number of benzene rings is 2. The molecule has 2 aromatic carbocycles. The fourth-order valence-electron chi connectivity index (χ4n) is 2.87. The topological polar surface area (TPSA) is 67.6 Å². The number of amides is 1. The number of carbonyl (C=O) groups is 1. The van der Waals surface area contributed by atoms with Crippen LogP contribution >= 0.6 is 11.6 Å². The zero-order valence-electron chi connectivity index (χ0n) is 16.0. The third-order valence-electron chi connectivity index (χ3n) is 4.46. The van der Waals surface area contributed by atoms with Crippen LogP contribution in [-0.4, -0.2) is 43.7 Å². The quantitative estimate of drug-likeness (QED) is 0.649. The molecule has 0 aliphatic carbocycles. The zero-order valence-corrected chi connectivity index (χ0v) is 16.7. The van der Waals surface area contributed by atoms with E-state index >= 15 is 0 Å². The molecule has 146 valence electrons. The van der Waals surface area contributed by atoms with E-state index < -0.39 is 0 Å². The van der Waals surface area contributed by atoms with E-state index in [0.29, 0.717) is 17.3 Å². The molecule has 0 fully saturated rings. The number of aromatic nitrogens is 1. The molecule has 3 rings (SSSR count). The van der Waals surface area contributed by atoms with Crippen molar-refractivity contribution in [1.82, 2.24) is 15.4 Å². The second kappa shape index (κ2) is 8.91. The predicted octanol–water partition coefficient (Wildman–Crippen LogP) is 4.04. The number of nitrogens with one attached hydrogen (secondary N) is 1. The van der Waals surface area contributed by atoms with Gasteiger partial charge in [0.15, 0.2) is 11.5 Å². The van der Waals surface area contributed by atoms with Crippen molar-refractivity contribution in [2.24, 2.45) is 0 Å². The first-order valence-electron chi connectivity index (χ1n) is 8.79. The molecular weight excluding hydrogens is 378 g/mol. The summed E-state index contributed by atoms with van der Waals surface area (Å²) in [5, 5.41) is 7.46. The SMILES string of the molecule is COc1ccc(-c2cc(C(=O)NC[C@@H](c3ccccc3Cl)N(C)C)no2)cc1. The number of likely N-dealkylation sites (N-methyl/N-ethyl adjacent to an activating group) is 1. The van der Waals surface area contributed by atoms with E-state index in [0.717, 1.165) is 16.9 Å². The molecule has 3 aromatic rings. The number of rotatable bonds is 7. The molecule has 0 radical (unpaired) electrons. The maximum absolute atomic E-state index is 12.5. The molecule has 7 heteroatoms. The summed E-state index contributed by atoms with van der Waals surface area (Å²) in [6, 6.07) is 16.5. The van der Waals surface area contributed by atoms with Gasteiger partial charge in [0.05, 0.1) is 13.2 Å². The highest BCUT2D eigenvalue weighted by Gasteiger charge is 2.20. The fourth-order valence-corrected chi connectivity index (χ4v) is 3.13. The van der Waals surface area contributed by atoms with E-state index in [4.69, 9.17) is 20.9 Å². The van der Waals surface area contributed by atoms with Crippen molar-refractivity contribution < 1.29 is 14.1 Å². The summed E-state index contributed by atoms with van der Waals surface area (Å²) in [5.74, 6) is 0.959. The largest absolute Gasteiger partial charge is 0.497 e. The zero-order chi connectivity index (χ0) is 20.1. The van der Waals surface area contributed by atoms with Gasteiger partial charge in [-0.3, -0.25) is 4.79 Å². The highest BCUT2D eigenvalue weighted by molar-refractivity contribution is 6.31. The Balaban J connectivity index is 1.69. The molecule has 0 bridgehead atoms. The van der Waals surface area contributed by atoms with Gasteiger partial charge in [-0.25, -0.2) is 0 Å². The van der Waals surface area contributed by atoms with E-state index in [-0.39, 0.29) is 17.6 Å². The van der Waals surface area contributed by atoms with Gasteiger partial charge >= 0.3 is 0 Å². The highest BCUT2D eigenvalue weighted by Crippen LogP contribution is 2.26. The lowest BCUT2D eigenvalue weighted by atomic mass is 10.1. The van der Waals surface area contributed by atoms with Crippen LogP contribution in [0.5, 0.6) is 5.75 Å². The summed E-state index contributed by atoms with van der Waals surface area (Å²) < 4.78 is 10.5. The number of hydrogen-bond donors (Lipinski definition) is 1. The summed E-state index contributed by atoms with van der Waals surface area (Å²) in [6.45, 7) is 0.389. The average molecular weight is 400 g/mol. The van der Waals surface area contributed by atoms with Crippen LogP contribution in [0.25, 0.3) is 11.3 Å². The van der Waals surface area contributed by atoms with Gasteiger partial charge in [-0.1, -0.05) is 35.0 Å². The number of methoxy groups -OCH3 is 1. The first kappa shape index (κ1) is 19.9. The summed E-state index contributed by atoms with van der Waals surface area (Å²) in [7, 11) is 5.49. The van der Waals surface area contributed by atoms with Crippen LogP contribution in [0.1, 0.15) is 22.1 Å². The molecule has 0 spiro atoms. The molecule has 0 unspecified atom stereocenters. The minimum absolute atomic E-state index is 0.0643. The van der Waals surface area contributed by atoms with Gasteiger partial charge < -0.3 is 19.5 Å².